The highest BCUT2D eigenvalue weighted by Gasteiger charge is 2.30. The van der Waals surface area contributed by atoms with Gasteiger partial charge in [-0.15, -0.1) is 12.4 Å². The number of rotatable bonds is 6. The minimum Gasteiger partial charge on any atom is -0.494 e. The lowest BCUT2D eigenvalue weighted by atomic mass is 9.92. The Morgan fingerprint density at radius 3 is 2.11 bits per heavy atom. The van der Waals surface area contributed by atoms with E-state index < -0.39 is 17.6 Å². The molecular formula is C28H26ClF4NO. The molecule has 0 radical (unpaired) electrons. The van der Waals surface area contributed by atoms with Gasteiger partial charge in [-0.25, -0.2) is 4.39 Å². The third kappa shape index (κ3) is 5.77. The van der Waals surface area contributed by atoms with Crippen molar-refractivity contribution in [2.24, 2.45) is 0 Å². The first kappa shape index (κ1) is 26.5. The molecule has 0 aliphatic rings. The van der Waals surface area contributed by atoms with Crippen LogP contribution < -0.4 is 10.1 Å². The number of nitrogens with one attached hydrogen (secondary N) is 1. The fourth-order valence-electron chi connectivity index (χ4n) is 4.17. The quantitative estimate of drug-likeness (QED) is 0.266. The van der Waals surface area contributed by atoms with Gasteiger partial charge in [-0.2, -0.15) is 13.2 Å². The maximum Gasteiger partial charge on any atom is 0.416 e. The van der Waals surface area contributed by atoms with Crippen LogP contribution in [0.25, 0.3) is 21.9 Å². The SMILES string of the molecule is COc1cc([C@@H](C)NC(C)c2cc(-c3ccc(C(F)(F)F)cc3)c3ccccc3c2)ccc1F.Cl. The molecule has 0 saturated carbocycles. The van der Waals surface area contributed by atoms with Crippen molar-refractivity contribution in [2.45, 2.75) is 32.1 Å². The van der Waals surface area contributed by atoms with Crippen molar-refractivity contribution in [1.82, 2.24) is 5.32 Å². The van der Waals surface area contributed by atoms with Crippen molar-refractivity contribution in [3.63, 3.8) is 0 Å². The van der Waals surface area contributed by atoms with E-state index in [1.165, 1.54) is 25.3 Å². The van der Waals surface area contributed by atoms with Gasteiger partial charge in [0.1, 0.15) is 0 Å². The number of methoxy groups -OCH3 is 1. The lowest BCUT2D eigenvalue weighted by molar-refractivity contribution is -0.137. The Kier molecular flexibility index (Phi) is 8.08. The molecule has 0 heterocycles. The summed E-state index contributed by atoms with van der Waals surface area (Å²) in [6.45, 7) is 4.01. The van der Waals surface area contributed by atoms with Gasteiger partial charge in [0.05, 0.1) is 12.7 Å². The van der Waals surface area contributed by atoms with E-state index in [9.17, 15) is 17.6 Å². The molecule has 4 rings (SSSR count). The smallest absolute Gasteiger partial charge is 0.416 e. The van der Waals surface area contributed by atoms with Crippen LogP contribution in [0.5, 0.6) is 5.75 Å². The third-order valence-electron chi connectivity index (χ3n) is 6.08. The summed E-state index contributed by atoms with van der Waals surface area (Å²) in [5.41, 5.74) is 2.79. The zero-order chi connectivity index (χ0) is 24.5. The van der Waals surface area contributed by atoms with Crippen LogP contribution in [0.2, 0.25) is 0 Å². The highest BCUT2D eigenvalue weighted by atomic mass is 35.5. The monoisotopic (exact) mass is 503 g/mol. The Labute approximate surface area is 208 Å². The Hall–Kier alpha value is -3.09. The molecule has 1 N–H and O–H groups in total. The van der Waals surface area contributed by atoms with E-state index in [0.717, 1.165) is 45.2 Å². The van der Waals surface area contributed by atoms with Gasteiger partial charge >= 0.3 is 6.18 Å². The molecule has 4 aromatic rings. The number of fused-ring (bicyclic) bond motifs is 1. The van der Waals surface area contributed by atoms with E-state index in [4.69, 9.17) is 4.74 Å². The molecular weight excluding hydrogens is 478 g/mol. The molecule has 1 unspecified atom stereocenters. The van der Waals surface area contributed by atoms with Gasteiger partial charge in [0.2, 0.25) is 0 Å². The fraction of sp³-hybridized carbons (Fsp3) is 0.214. The first-order chi connectivity index (χ1) is 16.2. The molecule has 184 valence electrons. The summed E-state index contributed by atoms with van der Waals surface area (Å²) in [5, 5.41) is 5.50. The Morgan fingerprint density at radius 2 is 1.46 bits per heavy atom. The number of hydrogen-bond donors (Lipinski definition) is 1. The summed E-state index contributed by atoms with van der Waals surface area (Å²) < 4.78 is 58.0. The number of hydrogen-bond acceptors (Lipinski definition) is 2. The highest BCUT2D eigenvalue weighted by Crippen LogP contribution is 2.35. The predicted molar refractivity (Wildman–Crippen MR) is 135 cm³/mol. The topological polar surface area (TPSA) is 21.3 Å². The summed E-state index contributed by atoms with van der Waals surface area (Å²) in [6, 6.07) is 21.8. The van der Waals surface area contributed by atoms with Crippen molar-refractivity contribution in [1.29, 1.82) is 0 Å². The molecule has 0 bridgehead atoms. The van der Waals surface area contributed by atoms with Crippen LogP contribution in [0.3, 0.4) is 0 Å². The molecule has 0 fully saturated rings. The Bertz CT molecular complexity index is 1300. The van der Waals surface area contributed by atoms with Crippen LogP contribution in [-0.2, 0) is 6.18 Å². The van der Waals surface area contributed by atoms with Gasteiger partial charge in [0.15, 0.2) is 11.6 Å². The van der Waals surface area contributed by atoms with Crippen molar-refractivity contribution < 1.29 is 22.3 Å². The molecule has 0 spiro atoms. The number of ether oxygens (including phenoxy) is 1. The summed E-state index contributed by atoms with van der Waals surface area (Å²) in [5.74, 6) is -0.226. The highest BCUT2D eigenvalue weighted by molar-refractivity contribution is 5.97. The summed E-state index contributed by atoms with van der Waals surface area (Å²) >= 11 is 0. The molecule has 2 atom stereocenters. The normalized spacial score (nSPS) is 13.2. The van der Waals surface area contributed by atoms with Gasteiger partial charge in [-0.05, 0) is 83.3 Å². The molecule has 35 heavy (non-hydrogen) atoms. The molecule has 4 aromatic carbocycles. The van der Waals surface area contributed by atoms with E-state index in [-0.39, 0.29) is 30.2 Å². The zero-order valence-electron chi connectivity index (χ0n) is 19.5. The second-order valence-electron chi connectivity index (χ2n) is 8.37. The number of benzene rings is 4. The molecule has 2 nitrogen and oxygen atoms in total. The van der Waals surface area contributed by atoms with E-state index in [1.54, 1.807) is 12.1 Å². The molecule has 0 aliphatic heterocycles. The number of alkyl halides is 3. The van der Waals surface area contributed by atoms with Gasteiger partial charge in [-0.3, -0.25) is 0 Å². The average Bonchev–Trinajstić information content (AvgIpc) is 2.83. The largest absolute Gasteiger partial charge is 0.494 e. The van der Waals surface area contributed by atoms with Gasteiger partial charge in [0, 0.05) is 12.1 Å². The zero-order valence-corrected chi connectivity index (χ0v) is 20.3. The molecule has 0 saturated heterocycles. The van der Waals surface area contributed by atoms with E-state index in [2.05, 4.69) is 11.4 Å². The van der Waals surface area contributed by atoms with Gasteiger partial charge < -0.3 is 10.1 Å². The number of halogens is 5. The maximum absolute atomic E-state index is 13.8. The lowest BCUT2D eigenvalue weighted by Crippen LogP contribution is -2.22. The van der Waals surface area contributed by atoms with Crippen LogP contribution in [0.4, 0.5) is 17.6 Å². The van der Waals surface area contributed by atoms with E-state index in [1.807, 2.05) is 44.2 Å². The second-order valence-corrected chi connectivity index (χ2v) is 8.37. The van der Waals surface area contributed by atoms with Crippen LogP contribution in [-0.4, -0.2) is 7.11 Å². The molecule has 0 aliphatic carbocycles. The van der Waals surface area contributed by atoms with Crippen molar-refractivity contribution >= 4 is 23.2 Å². The minimum absolute atomic E-state index is 0. The lowest BCUT2D eigenvalue weighted by Gasteiger charge is -2.23. The third-order valence-corrected chi connectivity index (χ3v) is 6.08. The average molecular weight is 504 g/mol. The van der Waals surface area contributed by atoms with Crippen LogP contribution in [0, 0.1) is 5.82 Å². The first-order valence-electron chi connectivity index (χ1n) is 11.0. The van der Waals surface area contributed by atoms with Crippen molar-refractivity contribution in [2.75, 3.05) is 7.11 Å². The molecule has 7 heteroatoms. The van der Waals surface area contributed by atoms with Crippen LogP contribution in [0.1, 0.15) is 42.6 Å². The van der Waals surface area contributed by atoms with E-state index in [0.29, 0.717) is 0 Å². The fourth-order valence-corrected chi connectivity index (χ4v) is 4.17. The molecule has 0 aromatic heterocycles. The molecule has 0 amide bonds. The predicted octanol–water partition coefficient (Wildman–Crippen LogP) is 8.51. The standard InChI is InChI=1S/C28H25F4NO.ClH/c1-17(20-10-13-26(29)27(16-20)34-3)33-18(2)22-14-21-6-4-5-7-24(21)25(15-22)19-8-11-23(12-9-19)28(30,31)32;/h4-18,33H,1-3H3;1H/t17-,18?;/m1./s1. The van der Waals surface area contributed by atoms with Crippen LogP contribution in [0.15, 0.2) is 78.9 Å². The van der Waals surface area contributed by atoms with E-state index >= 15 is 0 Å². The Balaban J connectivity index is 0.00000342. The summed E-state index contributed by atoms with van der Waals surface area (Å²) in [4.78, 5) is 0. The van der Waals surface area contributed by atoms with Gasteiger partial charge in [-0.1, -0.05) is 42.5 Å². The summed E-state index contributed by atoms with van der Waals surface area (Å²) in [7, 11) is 1.43. The van der Waals surface area contributed by atoms with Gasteiger partial charge in [0.25, 0.3) is 0 Å². The first-order valence-corrected chi connectivity index (χ1v) is 11.0. The van der Waals surface area contributed by atoms with Crippen molar-refractivity contribution in [3.8, 4) is 16.9 Å². The second kappa shape index (κ2) is 10.7. The maximum atomic E-state index is 13.8. The minimum atomic E-state index is -4.37. The summed E-state index contributed by atoms with van der Waals surface area (Å²) in [6.07, 6.45) is -4.37. The van der Waals surface area contributed by atoms with Crippen molar-refractivity contribution in [3.05, 3.63) is 101 Å². The Morgan fingerprint density at radius 1 is 0.800 bits per heavy atom. The van der Waals surface area contributed by atoms with Crippen LogP contribution >= 0.6 is 12.4 Å².